The van der Waals surface area contributed by atoms with E-state index in [0.29, 0.717) is 11.1 Å². The summed E-state index contributed by atoms with van der Waals surface area (Å²) in [6, 6.07) is 7.40. The maximum absolute atomic E-state index is 12.3. The molecule has 0 saturated carbocycles. The third-order valence-corrected chi connectivity index (χ3v) is 4.21. The molecule has 0 fully saturated rings. The van der Waals surface area contributed by atoms with Crippen molar-refractivity contribution in [2.75, 3.05) is 5.32 Å². The molecule has 3 rings (SSSR count). The lowest BCUT2D eigenvalue weighted by molar-refractivity contribution is -0.116. The monoisotopic (exact) mass is 342 g/mol. The molecule has 3 aromatic rings. The van der Waals surface area contributed by atoms with Gasteiger partial charge in [-0.25, -0.2) is 4.79 Å². The lowest BCUT2D eigenvalue weighted by Crippen LogP contribution is -2.20. The number of aryl methyl sites for hydroxylation is 2. The molecule has 0 aliphatic rings. The van der Waals surface area contributed by atoms with Crippen LogP contribution < -0.4 is 11.1 Å². The Labute approximate surface area is 145 Å². The van der Waals surface area contributed by atoms with E-state index in [9.17, 15) is 9.59 Å². The number of nitrogens with one attached hydrogen (secondary N) is 1. The minimum absolute atomic E-state index is 0.160. The minimum atomic E-state index is -0.450. The van der Waals surface area contributed by atoms with Crippen molar-refractivity contribution in [1.82, 2.24) is 14.3 Å². The number of carbonyl (C=O) groups excluding carboxylic acids is 1. The van der Waals surface area contributed by atoms with Gasteiger partial charge in [-0.1, -0.05) is 12.1 Å². The second kappa shape index (κ2) is 6.58. The number of aromatic nitrogens is 3. The van der Waals surface area contributed by atoms with E-state index in [-0.39, 0.29) is 24.9 Å². The largest absolute Gasteiger partial charge is 0.419 e. The van der Waals surface area contributed by atoms with E-state index in [1.165, 1.54) is 4.57 Å². The van der Waals surface area contributed by atoms with Crippen LogP contribution in [0.3, 0.4) is 0 Å². The Bertz CT molecular complexity index is 978. The Hall–Kier alpha value is -2.83. The molecular formula is C18H22N4O3. The predicted octanol–water partition coefficient (Wildman–Crippen LogP) is 3.02. The molecule has 2 heterocycles. The van der Waals surface area contributed by atoms with E-state index in [1.54, 1.807) is 18.2 Å². The van der Waals surface area contributed by atoms with Gasteiger partial charge in [-0.15, -0.1) is 0 Å². The van der Waals surface area contributed by atoms with Gasteiger partial charge < -0.3 is 9.73 Å². The SMILES string of the molecule is Cc1nn(C(C)C)c(C)c1NC(=O)CCn1c(=O)oc2ccccc21. The number of nitrogens with zero attached hydrogens (tertiary/aromatic N) is 3. The molecule has 7 heteroatoms. The molecule has 0 aliphatic heterocycles. The molecule has 1 N–H and O–H groups in total. The highest BCUT2D eigenvalue weighted by Crippen LogP contribution is 2.22. The average Bonchev–Trinajstić information content (AvgIpc) is 3.03. The van der Waals surface area contributed by atoms with E-state index in [4.69, 9.17) is 4.42 Å². The van der Waals surface area contributed by atoms with Crippen LogP contribution in [0.15, 0.2) is 33.5 Å². The number of oxazole rings is 1. The zero-order chi connectivity index (χ0) is 18.1. The summed E-state index contributed by atoms with van der Waals surface area (Å²) in [6.45, 7) is 8.15. The van der Waals surface area contributed by atoms with Crippen LogP contribution >= 0.6 is 0 Å². The Morgan fingerprint density at radius 2 is 2.00 bits per heavy atom. The topological polar surface area (TPSA) is 82.1 Å². The first-order valence-electron chi connectivity index (χ1n) is 8.32. The molecule has 7 nitrogen and oxygen atoms in total. The van der Waals surface area contributed by atoms with Gasteiger partial charge in [-0.2, -0.15) is 5.10 Å². The van der Waals surface area contributed by atoms with Crippen LogP contribution in [0.2, 0.25) is 0 Å². The number of para-hydroxylation sites is 2. The molecule has 1 aromatic carbocycles. The lowest BCUT2D eigenvalue weighted by Gasteiger charge is -2.09. The molecule has 0 aliphatic carbocycles. The average molecular weight is 342 g/mol. The summed E-state index contributed by atoms with van der Waals surface area (Å²) in [4.78, 5) is 24.3. The molecule has 0 atom stereocenters. The van der Waals surface area contributed by atoms with Crippen molar-refractivity contribution in [3.05, 3.63) is 46.2 Å². The van der Waals surface area contributed by atoms with Crippen LogP contribution in [0, 0.1) is 13.8 Å². The van der Waals surface area contributed by atoms with Gasteiger partial charge in [0, 0.05) is 19.0 Å². The molecule has 0 radical (unpaired) electrons. The Morgan fingerprint density at radius 1 is 1.28 bits per heavy atom. The molecule has 0 unspecified atom stereocenters. The van der Waals surface area contributed by atoms with Gasteiger partial charge in [-0.3, -0.25) is 14.0 Å². The zero-order valence-electron chi connectivity index (χ0n) is 14.9. The van der Waals surface area contributed by atoms with E-state index in [0.717, 1.165) is 17.1 Å². The van der Waals surface area contributed by atoms with Crippen LogP contribution in [0.25, 0.3) is 11.1 Å². The summed E-state index contributed by atoms with van der Waals surface area (Å²) in [5.74, 6) is -0.610. The van der Waals surface area contributed by atoms with Gasteiger partial charge in [0.25, 0.3) is 0 Å². The Morgan fingerprint density at radius 3 is 2.68 bits per heavy atom. The second-order valence-corrected chi connectivity index (χ2v) is 6.37. The first-order valence-corrected chi connectivity index (χ1v) is 8.32. The molecule has 25 heavy (non-hydrogen) atoms. The summed E-state index contributed by atoms with van der Waals surface area (Å²) < 4.78 is 8.55. The third kappa shape index (κ3) is 3.22. The van der Waals surface area contributed by atoms with Crippen molar-refractivity contribution < 1.29 is 9.21 Å². The van der Waals surface area contributed by atoms with Gasteiger partial charge in [0.2, 0.25) is 5.91 Å². The van der Waals surface area contributed by atoms with Crippen LogP contribution in [-0.4, -0.2) is 20.3 Å². The van der Waals surface area contributed by atoms with Crippen LogP contribution in [-0.2, 0) is 11.3 Å². The van der Waals surface area contributed by atoms with Gasteiger partial charge in [-0.05, 0) is 39.8 Å². The quantitative estimate of drug-likeness (QED) is 0.773. The van der Waals surface area contributed by atoms with Crippen LogP contribution in [0.1, 0.15) is 37.7 Å². The minimum Gasteiger partial charge on any atom is -0.408 e. The van der Waals surface area contributed by atoms with Gasteiger partial charge in [0.1, 0.15) is 0 Å². The van der Waals surface area contributed by atoms with Gasteiger partial charge >= 0.3 is 5.76 Å². The van der Waals surface area contributed by atoms with Gasteiger partial charge in [0.05, 0.1) is 22.6 Å². The van der Waals surface area contributed by atoms with Crippen LogP contribution in [0.4, 0.5) is 5.69 Å². The zero-order valence-corrected chi connectivity index (χ0v) is 14.9. The second-order valence-electron chi connectivity index (χ2n) is 6.37. The lowest BCUT2D eigenvalue weighted by atomic mass is 10.2. The fourth-order valence-corrected chi connectivity index (χ4v) is 2.99. The predicted molar refractivity (Wildman–Crippen MR) is 95.8 cm³/mol. The van der Waals surface area contributed by atoms with Crippen molar-refractivity contribution in [2.24, 2.45) is 0 Å². The van der Waals surface area contributed by atoms with Crippen molar-refractivity contribution in [2.45, 2.75) is 46.7 Å². The maximum atomic E-state index is 12.3. The highest BCUT2D eigenvalue weighted by atomic mass is 16.4. The summed E-state index contributed by atoms with van der Waals surface area (Å²) in [5.41, 5.74) is 3.67. The number of anilines is 1. The first kappa shape index (κ1) is 17.0. The molecule has 132 valence electrons. The number of rotatable bonds is 5. The molecule has 1 amide bonds. The fraction of sp³-hybridized carbons (Fsp3) is 0.389. The first-order chi connectivity index (χ1) is 11.9. The highest BCUT2D eigenvalue weighted by Gasteiger charge is 2.16. The van der Waals surface area contributed by atoms with Crippen molar-refractivity contribution in [3.8, 4) is 0 Å². The van der Waals surface area contributed by atoms with E-state index < -0.39 is 5.76 Å². The summed E-state index contributed by atoms with van der Waals surface area (Å²) >= 11 is 0. The summed E-state index contributed by atoms with van der Waals surface area (Å²) in [7, 11) is 0. The fourth-order valence-electron chi connectivity index (χ4n) is 2.99. The number of hydrogen-bond acceptors (Lipinski definition) is 4. The number of benzene rings is 1. The van der Waals surface area contributed by atoms with E-state index in [1.807, 2.05) is 38.4 Å². The summed E-state index contributed by atoms with van der Waals surface area (Å²) in [6.07, 6.45) is 0.176. The Balaban J connectivity index is 1.73. The number of hydrogen-bond donors (Lipinski definition) is 1. The normalized spacial score (nSPS) is 11.4. The molecule has 0 bridgehead atoms. The van der Waals surface area contributed by atoms with E-state index >= 15 is 0 Å². The summed E-state index contributed by atoms with van der Waals surface area (Å²) in [5, 5.41) is 7.37. The van der Waals surface area contributed by atoms with E-state index in [2.05, 4.69) is 10.4 Å². The third-order valence-electron chi connectivity index (χ3n) is 4.21. The van der Waals surface area contributed by atoms with Crippen molar-refractivity contribution in [1.29, 1.82) is 0 Å². The number of carbonyl (C=O) groups is 1. The van der Waals surface area contributed by atoms with Crippen molar-refractivity contribution in [3.63, 3.8) is 0 Å². The van der Waals surface area contributed by atoms with Gasteiger partial charge in [0.15, 0.2) is 5.58 Å². The number of amides is 1. The molecule has 0 saturated heterocycles. The standard InChI is InChI=1S/C18H22N4O3/c1-11(2)22-13(4)17(12(3)20-22)19-16(23)9-10-21-14-7-5-6-8-15(14)25-18(21)24/h5-8,11H,9-10H2,1-4H3,(H,19,23). The van der Waals surface area contributed by atoms with Crippen molar-refractivity contribution >= 4 is 22.7 Å². The molecule has 2 aromatic heterocycles. The van der Waals surface area contributed by atoms with Crippen LogP contribution in [0.5, 0.6) is 0 Å². The maximum Gasteiger partial charge on any atom is 0.419 e. The smallest absolute Gasteiger partial charge is 0.408 e. The Kier molecular flexibility index (Phi) is 4.48. The molecular weight excluding hydrogens is 320 g/mol. The number of fused-ring (bicyclic) bond motifs is 1. The molecule has 0 spiro atoms. The highest BCUT2D eigenvalue weighted by molar-refractivity contribution is 5.92.